The first-order chi connectivity index (χ1) is 9.31. The van der Waals surface area contributed by atoms with Crippen molar-refractivity contribution in [2.75, 3.05) is 0 Å². The van der Waals surface area contributed by atoms with Crippen LogP contribution in [0.15, 0.2) is 27.5 Å². The molecule has 0 aliphatic carbocycles. The molecule has 2 aromatic rings. The molecule has 0 bridgehead atoms. The number of carboxylic acids is 1. The molecule has 1 aromatic heterocycles. The van der Waals surface area contributed by atoms with Crippen LogP contribution in [0.1, 0.15) is 16.2 Å². The predicted molar refractivity (Wildman–Crippen MR) is 69.1 cm³/mol. The first-order valence-electron chi connectivity index (χ1n) is 5.30. The summed E-state index contributed by atoms with van der Waals surface area (Å²) in [4.78, 5) is 22.4. The van der Waals surface area contributed by atoms with Gasteiger partial charge < -0.3 is 5.11 Å². The molecule has 0 atom stereocenters. The highest BCUT2D eigenvalue weighted by Crippen LogP contribution is 2.25. The Hall–Kier alpha value is -2.09. The zero-order valence-corrected chi connectivity index (χ0v) is 11.6. The summed E-state index contributed by atoms with van der Waals surface area (Å²) in [6.07, 6.45) is 0. The van der Waals surface area contributed by atoms with Crippen LogP contribution < -0.4 is 5.43 Å². The van der Waals surface area contributed by atoms with Crippen molar-refractivity contribution in [3.63, 3.8) is 0 Å². The molecule has 0 spiro atoms. The average molecular weight is 345 g/mol. The number of hydrogen-bond acceptors (Lipinski definition) is 3. The molecule has 5 nitrogen and oxygen atoms in total. The molecule has 0 radical (unpaired) electrons. The normalized spacial score (nSPS) is 10.6. The largest absolute Gasteiger partial charge is 0.476 e. The summed E-state index contributed by atoms with van der Waals surface area (Å²) in [7, 11) is 0. The Kier molecular flexibility index (Phi) is 3.67. The maximum Gasteiger partial charge on any atom is 0.360 e. The van der Waals surface area contributed by atoms with Gasteiger partial charge >= 0.3 is 5.97 Å². The van der Waals surface area contributed by atoms with Gasteiger partial charge in [-0.05, 0) is 28.9 Å². The summed E-state index contributed by atoms with van der Waals surface area (Å²) in [5.74, 6) is -3.26. The third-order valence-electron chi connectivity index (χ3n) is 2.50. The van der Waals surface area contributed by atoms with Crippen molar-refractivity contribution in [1.82, 2.24) is 9.78 Å². The number of rotatable bonds is 2. The topological polar surface area (TPSA) is 72.2 Å². The zero-order chi connectivity index (χ0) is 15.0. The lowest BCUT2D eigenvalue weighted by atomic mass is 10.2. The Morgan fingerprint density at radius 1 is 1.35 bits per heavy atom. The van der Waals surface area contributed by atoms with Crippen molar-refractivity contribution >= 4 is 21.9 Å². The molecular formula is C12H7BrF2N2O3. The summed E-state index contributed by atoms with van der Waals surface area (Å²) in [6.45, 7) is 1.45. The standard InChI is InChI=1S/C12H7BrF2N2O3/c1-5-2-9(18)10(12(19)20)16-17(5)11-7(13)3-6(14)4-8(11)15/h2-4H,1H3,(H,19,20). The van der Waals surface area contributed by atoms with Crippen molar-refractivity contribution in [1.29, 1.82) is 0 Å². The van der Waals surface area contributed by atoms with Crippen LogP contribution in [-0.4, -0.2) is 20.9 Å². The van der Waals surface area contributed by atoms with Crippen LogP contribution in [0.3, 0.4) is 0 Å². The molecule has 0 saturated heterocycles. The first-order valence-corrected chi connectivity index (χ1v) is 6.09. The van der Waals surface area contributed by atoms with Crippen molar-refractivity contribution in [2.45, 2.75) is 6.92 Å². The maximum absolute atomic E-state index is 13.9. The van der Waals surface area contributed by atoms with Crippen molar-refractivity contribution in [3.05, 3.63) is 55.9 Å². The van der Waals surface area contributed by atoms with Gasteiger partial charge in [-0.1, -0.05) is 0 Å². The van der Waals surface area contributed by atoms with Crippen molar-refractivity contribution in [2.24, 2.45) is 0 Å². The van der Waals surface area contributed by atoms with E-state index in [9.17, 15) is 18.4 Å². The SMILES string of the molecule is Cc1cc(=O)c(C(=O)O)nn1-c1c(F)cc(F)cc1Br. The summed E-state index contributed by atoms with van der Waals surface area (Å²) in [5, 5.41) is 12.5. The number of carboxylic acid groups (broad SMARTS) is 1. The molecule has 0 unspecified atom stereocenters. The number of halogens is 3. The predicted octanol–water partition coefficient (Wildman–Crippen LogP) is 2.28. The molecule has 20 heavy (non-hydrogen) atoms. The molecule has 0 aliphatic rings. The van der Waals surface area contributed by atoms with Crippen LogP contribution in [0, 0.1) is 18.6 Å². The molecule has 0 saturated carbocycles. The van der Waals surface area contributed by atoms with Gasteiger partial charge in [-0.2, -0.15) is 5.10 Å². The number of aryl methyl sites for hydroxylation is 1. The minimum Gasteiger partial charge on any atom is -0.476 e. The lowest BCUT2D eigenvalue weighted by molar-refractivity contribution is 0.0686. The van der Waals surface area contributed by atoms with E-state index in [1.54, 1.807) is 0 Å². The van der Waals surface area contributed by atoms with Gasteiger partial charge in [-0.3, -0.25) is 4.79 Å². The van der Waals surface area contributed by atoms with E-state index in [0.717, 1.165) is 16.8 Å². The van der Waals surface area contributed by atoms with E-state index >= 15 is 0 Å². The van der Waals surface area contributed by atoms with Gasteiger partial charge in [0.15, 0.2) is 5.82 Å². The number of nitrogens with zero attached hydrogens (tertiary/aromatic N) is 2. The van der Waals surface area contributed by atoms with Gasteiger partial charge in [0.1, 0.15) is 11.5 Å². The Morgan fingerprint density at radius 2 is 2.00 bits per heavy atom. The maximum atomic E-state index is 13.9. The fourth-order valence-electron chi connectivity index (χ4n) is 1.66. The van der Waals surface area contributed by atoms with Crippen LogP contribution in [0.25, 0.3) is 5.69 Å². The van der Waals surface area contributed by atoms with E-state index in [2.05, 4.69) is 21.0 Å². The Morgan fingerprint density at radius 3 is 2.55 bits per heavy atom. The summed E-state index contributed by atoms with van der Waals surface area (Å²) >= 11 is 2.98. The van der Waals surface area contributed by atoms with Gasteiger partial charge in [0, 0.05) is 22.3 Å². The van der Waals surface area contributed by atoms with Gasteiger partial charge in [0.2, 0.25) is 11.1 Å². The van der Waals surface area contributed by atoms with Crippen molar-refractivity contribution in [3.8, 4) is 5.69 Å². The molecule has 1 N–H and O–H groups in total. The second-order valence-corrected chi connectivity index (χ2v) is 4.79. The van der Waals surface area contributed by atoms with Gasteiger partial charge in [0.25, 0.3) is 0 Å². The second-order valence-electron chi connectivity index (χ2n) is 3.93. The lowest BCUT2D eigenvalue weighted by Crippen LogP contribution is -2.23. The first kappa shape index (κ1) is 14.3. The van der Waals surface area contributed by atoms with Crippen LogP contribution in [-0.2, 0) is 0 Å². The molecule has 2 rings (SSSR count). The molecule has 8 heteroatoms. The van der Waals surface area contributed by atoms with Crippen molar-refractivity contribution < 1.29 is 18.7 Å². The van der Waals surface area contributed by atoms with E-state index in [-0.39, 0.29) is 15.9 Å². The van der Waals surface area contributed by atoms with Crippen LogP contribution in [0.2, 0.25) is 0 Å². The lowest BCUT2D eigenvalue weighted by Gasteiger charge is -2.12. The molecule has 1 heterocycles. The van der Waals surface area contributed by atoms with E-state index in [4.69, 9.17) is 5.11 Å². The minimum atomic E-state index is -1.53. The van der Waals surface area contributed by atoms with Gasteiger partial charge in [-0.15, -0.1) is 0 Å². The van der Waals surface area contributed by atoms with Crippen LogP contribution in [0.4, 0.5) is 8.78 Å². The minimum absolute atomic E-state index is 0.0468. The summed E-state index contributed by atoms with van der Waals surface area (Å²) < 4.78 is 27.9. The third-order valence-corrected chi connectivity index (χ3v) is 3.11. The number of hydrogen-bond donors (Lipinski definition) is 1. The fourth-order valence-corrected chi connectivity index (χ4v) is 2.23. The number of benzene rings is 1. The summed E-state index contributed by atoms with van der Waals surface area (Å²) in [5.41, 5.74) is -1.49. The van der Waals surface area contributed by atoms with E-state index in [0.29, 0.717) is 6.07 Å². The van der Waals surface area contributed by atoms with Crippen LogP contribution in [0.5, 0.6) is 0 Å². The highest BCUT2D eigenvalue weighted by Gasteiger charge is 2.18. The molecular weight excluding hydrogens is 338 g/mol. The number of aromatic nitrogens is 2. The Labute approximate surface area is 119 Å². The van der Waals surface area contributed by atoms with Gasteiger partial charge in [0.05, 0.1) is 0 Å². The number of carbonyl (C=O) groups is 1. The van der Waals surface area contributed by atoms with Gasteiger partial charge in [-0.25, -0.2) is 18.3 Å². The fraction of sp³-hybridized carbons (Fsp3) is 0.0833. The second kappa shape index (κ2) is 5.12. The monoisotopic (exact) mass is 344 g/mol. The highest BCUT2D eigenvalue weighted by molar-refractivity contribution is 9.10. The highest BCUT2D eigenvalue weighted by atomic mass is 79.9. The molecule has 0 fully saturated rings. The zero-order valence-electron chi connectivity index (χ0n) is 10.0. The quantitative estimate of drug-likeness (QED) is 0.907. The molecule has 0 amide bonds. The van der Waals surface area contributed by atoms with Crippen LogP contribution >= 0.6 is 15.9 Å². The average Bonchev–Trinajstić information content (AvgIpc) is 2.29. The van der Waals surface area contributed by atoms with E-state index in [1.165, 1.54) is 6.92 Å². The summed E-state index contributed by atoms with van der Waals surface area (Å²) in [6, 6.07) is 2.67. The molecule has 0 aliphatic heterocycles. The van der Waals surface area contributed by atoms with E-state index < -0.39 is 28.7 Å². The Bertz CT molecular complexity index is 751. The number of aromatic carboxylic acids is 1. The molecule has 1 aromatic carbocycles. The smallest absolute Gasteiger partial charge is 0.360 e. The Balaban J connectivity index is 2.80. The van der Waals surface area contributed by atoms with E-state index in [1.807, 2.05) is 0 Å². The third kappa shape index (κ3) is 2.46. The molecule has 104 valence electrons.